The van der Waals surface area contributed by atoms with Crippen molar-refractivity contribution >= 4 is 6.03 Å². The zero-order chi connectivity index (χ0) is 10.6. The first-order chi connectivity index (χ1) is 6.63. The molecule has 0 aromatic carbocycles. The fourth-order valence-electron chi connectivity index (χ4n) is 1.93. The van der Waals surface area contributed by atoms with Gasteiger partial charge in [0.25, 0.3) is 0 Å². The van der Waals surface area contributed by atoms with Crippen molar-refractivity contribution in [1.29, 1.82) is 0 Å². The molecule has 82 valence electrons. The van der Waals surface area contributed by atoms with E-state index in [2.05, 4.69) is 17.3 Å². The summed E-state index contributed by atoms with van der Waals surface area (Å²) in [5.74, 6) is 0.770. The topological polar surface area (TPSA) is 35.6 Å². The van der Waals surface area contributed by atoms with Crippen LogP contribution in [0.5, 0.6) is 0 Å². The number of carbonyl (C=O) groups is 1. The second-order valence-electron chi connectivity index (χ2n) is 4.18. The van der Waals surface area contributed by atoms with E-state index in [4.69, 9.17) is 0 Å². The maximum Gasteiger partial charge on any atom is 0.316 e. The molecule has 1 rings (SSSR count). The molecule has 1 saturated heterocycles. The molecule has 1 atom stereocenters. The van der Waals surface area contributed by atoms with Crippen molar-refractivity contribution < 1.29 is 4.79 Å². The fraction of sp³-hybridized carbons (Fsp3) is 0.900. The van der Waals surface area contributed by atoms with Crippen molar-refractivity contribution in [2.24, 2.45) is 5.92 Å². The molecule has 0 radical (unpaired) electrons. The zero-order valence-electron chi connectivity index (χ0n) is 9.42. The monoisotopic (exact) mass is 199 g/mol. The van der Waals surface area contributed by atoms with Gasteiger partial charge in [0.1, 0.15) is 0 Å². The van der Waals surface area contributed by atoms with E-state index >= 15 is 0 Å². The van der Waals surface area contributed by atoms with Gasteiger partial charge in [0.2, 0.25) is 0 Å². The van der Waals surface area contributed by atoms with Crippen LogP contribution in [0.2, 0.25) is 0 Å². The van der Waals surface area contributed by atoms with E-state index in [1.54, 1.807) is 11.9 Å². The van der Waals surface area contributed by atoms with Crippen molar-refractivity contribution in [1.82, 2.24) is 15.1 Å². The second-order valence-corrected chi connectivity index (χ2v) is 4.18. The Kier molecular flexibility index (Phi) is 4.20. The van der Waals surface area contributed by atoms with E-state index in [0.717, 1.165) is 18.9 Å². The summed E-state index contributed by atoms with van der Waals surface area (Å²) in [6, 6.07) is 0.0105. The molecular formula is C10H21N3O. The highest BCUT2D eigenvalue weighted by Crippen LogP contribution is 2.17. The molecule has 4 nitrogen and oxygen atoms in total. The molecule has 0 bridgehead atoms. The van der Waals surface area contributed by atoms with Crippen LogP contribution in [-0.2, 0) is 0 Å². The van der Waals surface area contributed by atoms with E-state index in [0.29, 0.717) is 0 Å². The third-order valence-electron chi connectivity index (χ3n) is 2.92. The first-order valence-electron chi connectivity index (χ1n) is 5.25. The highest BCUT2D eigenvalue weighted by molar-refractivity contribution is 5.73. The van der Waals surface area contributed by atoms with Crippen LogP contribution in [0.15, 0.2) is 0 Å². The van der Waals surface area contributed by atoms with Gasteiger partial charge in [-0.15, -0.1) is 0 Å². The number of rotatable bonds is 3. The van der Waals surface area contributed by atoms with E-state index in [9.17, 15) is 4.79 Å². The minimum atomic E-state index is 0.0105. The summed E-state index contributed by atoms with van der Waals surface area (Å²) in [5, 5.41) is 2.63. The lowest BCUT2D eigenvalue weighted by Gasteiger charge is -2.18. The SMILES string of the molecule is CNC(=O)N(C)CCC1CCN(C)C1. The lowest BCUT2D eigenvalue weighted by atomic mass is 10.1. The standard InChI is InChI=1S/C10H21N3O/c1-11-10(14)13(3)7-5-9-4-6-12(2)8-9/h9H,4-8H2,1-3H3,(H,11,14). The number of hydrogen-bond acceptors (Lipinski definition) is 2. The molecule has 1 unspecified atom stereocenters. The van der Waals surface area contributed by atoms with Crippen molar-refractivity contribution in [3.63, 3.8) is 0 Å². The van der Waals surface area contributed by atoms with E-state index in [-0.39, 0.29) is 6.03 Å². The lowest BCUT2D eigenvalue weighted by Crippen LogP contribution is -2.36. The molecular weight excluding hydrogens is 178 g/mol. The van der Waals surface area contributed by atoms with E-state index in [1.165, 1.54) is 19.5 Å². The lowest BCUT2D eigenvalue weighted by molar-refractivity contribution is 0.207. The van der Waals surface area contributed by atoms with Crippen LogP contribution in [0.25, 0.3) is 0 Å². The minimum absolute atomic E-state index is 0.0105. The number of urea groups is 1. The van der Waals surface area contributed by atoms with Gasteiger partial charge in [0.05, 0.1) is 0 Å². The first-order valence-corrected chi connectivity index (χ1v) is 5.25. The molecule has 0 aliphatic carbocycles. The number of amides is 2. The first kappa shape index (κ1) is 11.3. The van der Waals surface area contributed by atoms with Gasteiger partial charge in [-0.25, -0.2) is 4.79 Å². The smallest absolute Gasteiger partial charge is 0.316 e. The Labute approximate surface area is 86.2 Å². The maximum absolute atomic E-state index is 11.2. The Balaban J connectivity index is 2.17. The highest BCUT2D eigenvalue weighted by atomic mass is 16.2. The molecule has 1 N–H and O–H groups in total. The van der Waals surface area contributed by atoms with Crippen LogP contribution in [0, 0.1) is 5.92 Å². The Bertz CT molecular complexity index is 196. The highest BCUT2D eigenvalue weighted by Gasteiger charge is 2.19. The summed E-state index contributed by atoms with van der Waals surface area (Å²) >= 11 is 0. The summed E-state index contributed by atoms with van der Waals surface area (Å²) in [6.45, 7) is 3.24. The molecule has 1 aliphatic heterocycles. The summed E-state index contributed by atoms with van der Waals surface area (Å²) in [7, 11) is 5.67. The Morgan fingerprint density at radius 2 is 2.36 bits per heavy atom. The van der Waals surface area contributed by atoms with Crippen molar-refractivity contribution in [3.8, 4) is 0 Å². The number of carbonyl (C=O) groups excluding carboxylic acids is 1. The van der Waals surface area contributed by atoms with Crippen LogP contribution < -0.4 is 5.32 Å². The largest absolute Gasteiger partial charge is 0.341 e. The average molecular weight is 199 g/mol. The number of hydrogen-bond donors (Lipinski definition) is 1. The second kappa shape index (κ2) is 5.20. The van der Waals surface area contributed by atoms with Crippen LogP contribution in [0.4, 0.5) is 4.79 Å². The van der Waals surface area contributed by atoms with Crippen LogP contribution >= 0.6 is 0 Å². The van der Waals surface area contributed by atoms with Crippen molar-refractivity contribution in [2.45, 2.75) is 12.8 Å². The van der Waals surface area contributed by atoms with Gasteiger partial charge < -0.3 is 15.1 Å². The molecule has 0 aromatic rings. The van der Waals surface area contributed by atoms with Crippen molar-refractivity contribution in [3.05, 3.63) is 0 Å². The molecule has 14 heavy (non-hydrogen) atoms. The van der Waals surface area contributed by atoms with Gasteiger partial charge in [0, 0.05) is 27.2 Å². The quantitative estimate of drug-likeness (QED) is 0.722. The normalized spacial score (nSPS) is 22.4. The molecule has 0 spiro atoms. The minimum Gasteiger partial charge on any atom is -0.341 e. The third kappa shape index (κ3) is 3.18. The third-order valence-corrected chi connectivity index (χ3v) is 2.92. The maximum atomic E-state index is 11.2. The Hall–Kier alpha value is -0.770. The zero-order valence-corrected chi connectivity index (χ0v) is 9.42. The van der Waals surface area contributed by atoms with Gasteiger partial charge >= 0.3 is 6.03 Å². The predicted molar refractivity (Wildman–Crippen MR) is 57.3 cm³/mol. The fourth-order valence-corrected chi connectivity index (χ4v) is 1.93. The Morgan fingerprint density at radius 1 is 1.64 bits per heavy atom. The van der Waals surface area contributed by atoms with Gasteiger partial charge in [-0.2, -0.15) is 0 Å². The van der Waals surface area contributed by atoms with E-state index in [1.807, 2.05) is 7.05 Å². The van der Waals surface area contributed by atoms with Crippen molar-refractivity contribution in [2.75, 3.05) is 40.8 Å². The molecule has 1 heterocycles. The van der Waals surface area contributed by atoms with Crippen LogP contribution in [0.3, 0.4) is 0 Å². The summed E-state index contributed by atoms with van der Waals surface area (Å²) in [6.07, 6.45) is 2.40. The van der Waals surface area contributed by atoms with Gasteiger partial charge in [-0.3, -0.25) is 0 Å². The molecule has 2 amide bonds. The number of nitrogens with zero attached hydrogens (tertiary/aromatic N) is 2. The summed E-state index contributed by atoms with van der Waals surface area (Å²) in [5.41, 5.74) is 0. The number of likely N-dealkylation sites (tertiary alicyclic amines) is 1. The van der Waals surface area contributed by atoms with E-state index < -0.39 is 0 Å². The molecule has 1 fully saturated rings. The van der Waals surface area contributed by atoms with Crippen LogP contribution in [-0.4, -0.2) is 56.6 Å². The van der Waals surface area contributed by atoms with Gasteiger partial charge in [-0.1, -0.05) is 0 Å². The molecule has 4 heteroatoms. The van der Waals surface area contributed by atoms with Gasteiger partial charge in [-0.05, 0) is 32.4 Å². The average Bonchev–Trinajstić information content (AvgIpc) is 2.59. The van der Waals surface area contributed by atoms with Crippen LogP contribution in [0.1, 0.15) is 12.8 Å². The summed E-state index contributed by atoms with van der Waals surface area (Å²) < 4.78 is 0. The molecule has 1 aliphatic rings. The predicted octanol–water partition coefficient (Wildman–Crippen LogP) is 0.599. The number of nitrogens with one attached hydrogen (secondary N) is 1. The summed E-state index contributed by atoms with van der Waals surface area (Å²) in [4.78, 5) is 15.3. The Morgan fingerprint density at radius 3 is 2.86 bits per heavy atom. The molecule has 0 aromatic heterocycles. The van der Waals surface area contributed by atoms with Gasteiger partial charge in [0.15, 0.2) is 0 Å². The molecule has 0 saturated carbocycles.